The summed E-state index contributed by atoms with van der Waals surface area (Å²) in [6, 6.07) is 0.733. The SMILES string of the molecule is CNCc1sc(N(C)C2CC2)nc1C(C)(C)C. The second-order valence-electron chi connectivity index (χ2n) is 5.89. The summed E-state index contributed by atoms with van der Waals surface area (Å²) in [6.45, 7) is 7.63. The molecule has 0 aromatic carbocycles. The number of nitrogens with zero attached hydrogens (tertiary/aromatic N) is 2. The van der Waals surface area contributed by atoms with Gasteiger partial charge in [-0.15, -0.1) is 11.3 Å². The summed E-state index contributed by atoms with van der Waals surface area (Å²) < 4.78 is 0. The predicted molar refractivity (Wildman–Crippen MR) is 75.0 cm³/mol. The molecule has 2 rings (SSSR count). The summed E-state index contributed by atoms with van der Waals surface area (Å²) in [5.74, 6) is 0. The molecule has 4 heteroatoms. The standard InChI is InChI=1S/C13H23N3S/c1-13(2,3)11-10(8-14-4)17-12(15-11)16(5)9-6-7-9/h9,14H,6-8H2,1-5H3. The lowest BCUT2D eigenvalue weighted by molar-refractivity contribution is 0.563. The molecule has 17 heavy (non-hydrogen) atoms. The molecule has 1 aliphatic rings. The topological polar surface area (TPSA) is 28.2 Å². The number of nitrogens with one attached hydrogen (secondary N) is 1. The van der Waals surface area contributed by atoms with Crippen molar-refractivity contribution in [1.29, 1.82) is 0 Å². The van der Waals surface area contributed by atoms with E-state index in [1.165, 1.54) is 28.5 Å². The Morgan fingerprint density at radius 3 is 2.53 bits per heavy atom. The Kier molecular flexibility index (Phi) is 3.46. The molecule has 1 aromatic rings. The van der Waals surface area contributed by atoms with Crippen molar-refractivity contribution in [3.05, 3.63) is 10.6 Å². The van der Waals surface area contributed by atoms with E-state index in [1.54, 1.807) is 0 Å². The largest absolute Gasteiger partial charge is 0.348 e. The van der Waals surface area contributed by atoms with E-state index >= 15 is 0 Å². The highest BCUT2D eigenvalue weighted by Gasteiger charge is 2.30. The Labute approximate surface area is 108 Å². The van der Waals surface area contributed by atoms with Gasteiger partial charge in [0.25, 0.3) is 0 Å². The fourth-order valence-corrected chi connectivity index (χ4v) is 3.29. The zero-order chi connectivity index (χ0) is 12.6. The van der Waals surface area contributed by atoms with Crippen LogP contribution < -0.4 is 10.2 Å². The highest BCUT2D eigenvalue weighted by molar-refractivity contribution is 7.15. The Hall–Kier alpha value is -0.610. The summed E-state index contributed by atoms with van der Waals surface area (Å²) in [5.41, 5.74) is 1.38. The van der Waals surface area contributed by atoms with Crippen LogP contribution in [0.4, 0.5) is 5.13 Å². The molecule has 0 atom stereocenters. The number of hydrogen-bond acceptors (Lipinski definition) is 4. The maximum absolute atomic E-state index is 4.87. The van der Waals surface area contributed by atoms with Gasteiger partial charge in [0.05, 0.1) is 5.69 Å². The molecule has 3 nitrogen and oxygen atoms in total. The highest BCUT2D eigenvalue weighted by Crippen LogP contribution is 2.37. The summed E-state index contributed by atoms with van der Waals surface area (Å²) >= 11 is 1.84. The van der Waals surface area contributed by atoms with Gasteiger partial charge >= 0.3 is 0 Å². The van der Waals surface area contributed by atoms with Crippen molar-refractivity contribution in [3.8, 4) is 0 Å². The van der Waals surface area contributed by atoms with Gasteiger partial charge in [0.1, 0.15) is 0 Å². The van der Waals surface area contributed by atoms with Crippen molar-refractivity contribution in [2.75, 3.05) is 19.0 Å². The van der Waals surface area contributed by atoms with Crippen LogP contribution in [0.2, 0.25) is 0 Å². The zero-order valence-electron chi connectivity index (χ0n) is 11.5. The van der Waals surface area contributed by atoms with Crippen LogP contribution in [-0.2, 0) is 12.0 Å². The highest BCUT2D eigenvalue weighted by atomic mass is 32.1. The molecular formula is C13H23N3S. The maximum Gasteiger partial charge on any atom is 0.185 e. The third-order valence-electron chi connectivity index (χ3n) is 3.13. The molecule has 0 spiro atoms. The van der Waals surface area contributed by atoms with E-state index in [0.717, 1.165) is 12.6 Å². The van der Waals surface area contributed by atoms with E-state index in [0.29, 0.717) is 0 Å². The van der Waals surface area contributed by atoms with Gasteiger partial charge in [0, 0.05) is 29.9 Å². The van der Waals surface area contributed by atoms with E-state index in [-0.39, 0.29) is 5.41 Å². The molecule has 1 N–H and O–H groups in total. The minimum absolute atomic E-state index is 0.130. The summed E-state index contributed by atoms with van der Waals surface area (Å²) in [7, 11) is 4.17. The second kappa shape index (κ2) is 4.58. The van der Waals surface area contributed by atoms with Crippen molar-refractivity contribution in [1.82, 2.24) is 10.3 Å². The van der Waals surface area contributed by atoms with Crippen LogP contribution in [0.25, 0.3) is 0 Å². The van der Waals surface area contributed by atoms with Gasteiger partial charge in [0.2, 0.25) is 0 Å². The van der Waals surface area contributed by atoms with Gasteiger partial charge in [-0.2, -0.15) is 0 Å². The summed E-state index contributed by atoms with van der Waals surface area (Å²) in [5, 5.41) is 4.43. The monoisotopic (exact) mass is 253 g/mol. The van der Waals surface area contributed by atoms with Crippen LogP contribution in [-0.4, -0.2) is 25.1 Å². The van der Waals surface area contributed by atoms with E-state index in [1.807, 2.05) is 18.4 Å². The van der Waals surface area contributed by atoms with E-state index in [4.69, 9.17) is 4.98 Å². The molecule has 1 saturated carbocycles. The molecule has 0 unspecified atom stereocenters. The molecule has 0 bridgehead atoms. The Bertz CT molecular complexity index is 388. The van der Waals surface area contributed by atoms with Crippen LogP contribution in [0.1, 0.15) is 44.2 Å². The molecule has 1 aromatic heterocycles. The fraction of sp³-hybridized carbons (Fsp3) is 0.769. The molecule has 1 fully saturated rings. The lowest BCUT2D eigenvalue weighted by atomic mass is 9.91. The third kappa shape index (κ3) is 2.80. The summed E-state index contributed by atoms with van der Waals surface area (Å²) in [4.78, 5) is 8.59. The Morgan fingerprint density at radius 1 is 1.41 bits per heavy atom. The molecule has 1 heterocycles. The zero-order valence-corrected chi connectivity index (χ0v) is 12.3. The molecule has 1 aliphatic carbocycles. The Balaban J connectivity index is 2.29. The molecule has 0 amide bonds. The van der Waals surface area contributed by atoms with Crippen LogP contribution in [0.3, 0.4) is 0 Å². The molecule has 0 aliphatic heterocycles. The first-order valence-electron chi connectivity index (χ1n) is 6.31. The van der Waals surface area contributed by atoms with Crippen LogP contribution >= 0.6 is 11.3 Å². The van der Waals surface area contributed by atoms with Crippen molar-refractivity contribution in [2.45, 2.75) is 51.6 Å². The van der Waals surface area contributed by atoms with Crippen LogP contribution in [0, 0.1) is 0 Å². The predicted octanol–water partition coefficient (Wildman–Crippen LogP) is 2.76. The van der Waals surface area contributed by atoms with Gasteiger partial charge in [0.15, 0.2) is 5.13 Å². The van der Waals surface area contributed by atoms with E-state index in [9.17, 15) is 0 Å². The Morgan fingerprint density at radius 2 is 2.06 bits per heavy atom. The minimum atomic E-state index is 0.130. The van der Waals surface area contributed by atoms with Gasteiger partial charge < -0.3 is 10.2 Å². The quantitative estimate of drug-likeness (QED) is 0.894. The molecular weight excluding hydrogens is 230 g/mol. The molecule has 0 radical (unpaired) electrons. The van der Waals surface area contributed by atoms with Crippen molar-refractivity contribution >= 4 is 16.5 Å². The van der Waals surface area contributed by atoms with Gasteiger partial charge in [-0.25, -0.2) is 4.98 Å². The number of hydrogen-bond donors (Lipinski definition) is 1. The smallest absolute Gasteiger partial charge is 0.185 e. The normalized spacial score (nSPS) is 16.3. The number of aromatic nitrogens is 1. The lowest BCUT2D eigenvalue weighted by Crippen LogP contribution is -2.20. The maximum atomic E-state index is 4.87. The third-order valence-corrected chi connectivity index (χ3v) is 4.28. The second-order valence-corrected chi connectivity index (χ2v) is 6.95. The number of rotatable bonds is 4. The van der Waals surface area contributed by atoms with Crippen molar-refractivity contribution < 1.29 is 0 Å². The average molecular weight is 253 g/mol. The first kappa shape index (κ1) is 12.8. The van der Waals surface area contributed by atoms with Gasteiger partial charge in [-0.3, -0.25) is 0 Å². The van der Waals surface area contributed by atoms with Crippen LogP contribution in [0.15, 0.2) is 0 Å². The average Bonchev–Trinajstić information content (AvgIpc) is 2.98. The van der Waals surface area contributed by atoms with E-state index < -0.39 is 0 Å². The number of anilines is 1. The first-order chi connectivity index (χ1) is 7.93. The fourth-order valence-electron chi connectivity index (χ4n) is 1.97. The first-order valence-corrected chi connectivity index (χ1v) is 7.12. The lowest BCUT2D eigenvalue weighted by Gasteiger charge is -2.18. The van der Waals surface area contributed by atoms with E-state index in [2.05, 4.69) is 38.0 Å². The van der Waals surface area contributed by atoms with Gasteiger partial charge in [-0.05, 0) is 19.9 Å². The minimum Gasteiger partial charge on any atom is -0.348 e. The molecule has 0 saturated heterocycles. The van der Waals surface area contributed by atoms with Crippen LogP contribution in [0.5, 0.6) is 0 Å². The summed E-state index contributed by atoms with van der Waals surface area (Å²) in [6.07, 6.45) is 2.64. The van der Waals surface area contributed by atoms with Gasteiger partial charge in [-0.1, -0.05) is 20.8 Å². The van der Waals surface area contributed by atoms with Crippen molar-refractivity contribution in [2.24, 2.45) is 0 Å². The number of thiazole rings is 1. The van der Waals surface area contributed by atoms with Crippen molar-refractivity contribution in [3.63, 3.8) is 0 Å². The molecule has 96 valence electrons.